The van der Waals surface area contributed by atoms with Crippen molar-refractivity contribution in [2.24, 2.45) is 9.98 Å². The first-order valence-electron chi connectivity index (χ1n) is 15.0. The number of hydrogen-bond acceptors (Lipinski definition) is 5. The zero-order valence-corrected chi connectivity index (χ0v) is 25.6. The van der Waals surface area contributed by atoms with Crippen LogP contribution in [-0.2, 0) is 0 Å². The van der Waals surface area contributed by atoms with E-state index in [1.807, 2.05) is 34.8 Å². The number of amidine groups is 2. The second-order valence-corrected chi connectivity index (χ2v) is 13.5. The second kappa shape index (κ2) is 9.60. The minimum absolute atomic E-state index is 0.505. The van der Waals surface area contributed by atoms with Crippen molar-refractivity contribution >= 4 is 96.5 Å². The van der Waals surface area contributed by atoms with Crippen molar-refractivity contribution in [3.63, 3.8) is 0 Å². The van der Waals surface area contributed by atoms with Crippen LogP contribution in [0.2, 0.25) is 0 Å². The van der Waals surface area contributed by atoms with Crippen LogP contribution >= 0.6 is 22.7 Å². The van der Waals surface area contributed by atoms with Gasteiger partial charge in [-0.2, -0.15) is 0 Å². The molecule has 0 fully saturated rings. The van der Waals surface area contributed by atoms with Crippen LogP contribution in [0.25, 0.3) is 62.2 Å². The topological polar surface area (TPSA) is 41.7 Å². The predicted octanol–water partition coefficient (Wildman–Crippen LogP) is 10.5. The van der Waals surface area contributed by atoms with E-state index in [9.17, 15) is 0 Å². The molecule has 6 heteroatoms. The molecule has 0 saturated heterocycles. The average Bonchev–Trinajstić information content (AvgIpc) is 3.78. The van der Waals surface area contributed by atoms with E-state index in [2.05, 4.69) is 131 Å². The van der Waals surface area contributed by atoms with Crippen molar-refractivity contribution in [3.05, 3.63) is 145 Å². The minimum Gasteiger partial charge on any atom is -0.324 e. The summed E-state index contributed by atoms with van der Waals surface area (Å²) in [6.07, 6.45) is -0.505. The fraction of sp³-hybridized carbons (Fsp3) is 0.0256. The Morgan fingerprint density at radius 1 is 0.489 bits per heavy atom. The Kier molecular flexibility index (Phi) is 5.35. The van der Waals surface area contributed by atoms with Crippen molar-refractivity contribution in [2.75, 3.05) is 0 Å². The van der Waals surface area contributed by atoms with Gasteiger partial charge < -0.3 is 5.32 Å². The Labute approximate surface area is 266 Å². The summed E-state index contributed by atoms with van der Waals surface area (Å²) in [5.74, 6) is 1.63. The highest BCUT2D eigenvalue weighted by atomic mass is 32.1. The van der Waals surface area contributed by atoms with Crippen LogP contribution in [0.15, 0.2) is 143 Å². The van der Waals surface area contributed by atoms with Crippen molar-refractivity contribution < 1.29 is 0 Å². The van der Waals surface area contributed by atoms with Gasteiger partial charge in [0.1, 0.15) is 11.7 Å². The molecule has 0 atom stereocenters. The molecule has 6 aromatic carbocycles. The van der Waals surface area contributed by atoms with E-state index in [1.165, 1.54) is 56.6 Å². The van der Waals surface area contributed by atoms with E-state index in [0.29, 0.717) is 0 Å². The summed E-state index contributed by atoms with van der Waals surface area (Å²) in [5.41, 5.74) is 4.39. The number of fused-ring (bicyclic) bond motifs is 12. The fourth-order valence-corrected chi connectivity index (χ4v) is 9.52. The fourth-order valence-electron chi connectivity index (χ4n) is 6.92. The summed E-state index contributed by atoms with van der Waals surface area (Å²) in [4.78, 5) is 10.7. The molecule has 1 aliphatic heterocycles. The Morgan fingerprint density at radius 3 is 1.64 bits per heavy atom. The van der Waals surface area contributed by atoms with Crippen LogP contribution in [-0.4, -0.2) is 16.2 Å². The summed E-state index contributed by atoms with van der Waals surface area (Å²) >= 11 is 3.78. The first-order valence-corrected chi connectivity index (χ1v) is 16.7. The molecule has 1 aliphatic rings. The number of rotatable bonds is 3. The number of para-hydroxylation sites is 1. The van der Waals surface area contributed by atoms with Crippen LogP contribution in [0.5, 0.6) is 0 Å². The van der Waals surface area contributed by atoms with Gasteiger partial charge in [-0.25, -0.2) is 9.98 Å². The number of nitrogens with one attached hydrogen (secondary N) is 1. The Morgan fingerprint density at radius 2 is 1.00 bits per heavy atom. The number of nitrogens with zero attached hydrogens (tertiary/aromatic N) is 3. The van der Waals surface area contributed by atoms with Gasteiger partial charge in [-0.15, -0.1) is 22.7 Å². The predicted molar refractivity (Wildman–Crippen MR) is 193 cm³/mol. The molecule has 0 spiro atoms. The third-order valence-corrected chi connectivity index (χ3v) is 11.2. The molecule has 4 heterocycles. The lowest BCUT2D eigenvalue weighted by molar-refractivity contribution is 0.576. The summed E-state index contributed by atoms with van der Waals surface area (Å²) in [5, 5.41) is 11.3. The highest BCUT2D eigenvalue weighted by Crippen LogP contribution is 2.52. The standard InChI is InChI=1S/C39H24N4S2/c1-3-13-23(14-4-1)37-40-38(24-15-5-2-6-16-24)42-39(41-37)43-28-20-10-7-17-25(28)31-32-26-18-8-11-21-29(26)44-35(32)33-27-19-9-12-22-30(27)45-36(33)34(31)43/h1-22,39H,(H,40,41,42). The lowest BCUT2D eigenvalue weighted by Crippen LogP contribution is -2.36. The average molecular weight is 613 g/mol. The van der Waals surface area contributed by atoms with Gasteiger partial charge in [0.15, 0.2) is 0 Å². The maximum atomic E-state index is 5.35. The maximum Gasteiger partial charge on any atom is 0.225 e. The number of hydrogen-bond donors (Lipinski definition) is 1. The summed E-state index contributed by atoms with van der Waals surface area (Å²) in [6, 6.07) is 47.2. The number of aromatic nitrogens is 1. The Balaban J connectivity index is 1.40. The molecular weight excluding hydrogens is 589 g/mol. The van der Waals surface area contributed by atoms with Gasteiger partial charge in [-0.1, -0.05) is 115 Å². The molecule has 1 N–H and O–H groups in total. The molecule has 0 saturated carbocycles. The summed E-state index contributed by atoms with van der Waals surface area (Å²) in [6.45, 7) is 0. The largest absolute Gasteiger partial charge is 0.324 e. The Hall–Kier alpha value is -5.30. The van der Waals surface area contributed by atoms with Crippen molar-refractivity contribution in [1.82, 2.24) is 9.88 Å². The Bertz CT molecular complexity index is 2620. The van der Waals surface area contributed by atoms with Crippen molar-refractivity contribution in [1.29, 1.82) is 0 Å². The molecule has 0 unspecified atom stereocenters. The van der Waals surface area contributed by atoms with Gasteiger partial charge in [0.2, 0.25) is 6.29 Å². The van der Waals surface area contributed by atoms with Gasteiger partial charge >= 0.3 is 0 Å². The zero-order chi connectivity index (χ0) is 29.5. The normalized spacial score (nSPS) is 14.1. The van der Waals surface area contributed by atoms with Gasteiger partial charge in [0, 0.05) is 57.5 Å². The zero-order valence-electron chi connectivity index (χ0n) is 23.9. The minimum atomic E-state index is -0.505. The molecular formula is C39H24N4S2. The van der Waals surface area contributed by atoms with E-state index >= 15 is 0 Å². The van der Waals surface area contributed by atoms with Crippen molar-refractivity contribution in [2.45, 2.75) is 6.29 Å². The lowest BCUT2D eigenvalue weighted by Gasteiger charge is -2.24. The third kappa shape index (κ3) is 3.64. The SMILES string of the molecule is c1ccc(C2=NC(n3c4ccccc4c4c5c6ccccc6sc5c5c6ccccc6sc5c43)N=C(c3ccccc3)N2)cc1. The third-order valence-electron chi connectivity index (χ3n) is 8.85. The molecule has 0 radical (unpaired) electrons. The highest BCUT2D eigenvalue weighted by molar-refractivity contribution is 7.30. The van der Waals surface area contributed by atoms with Crippen LogP contribution < -0.4 is 5.32 Å². The summed E-state index contributed by atoms with van der Waals surface area (Å²) in [7, 11) is 0. The molecule has 10 rings (SSSR count). The van der Waals surface area contributed by atoms with Crippen LogP contribution in [0.3, 0.4) is 0 Å². The molecule has 9 aromatic rings. The number of thiophene rings is 2. The van der Waals surface area contributed by atoms with Crippen LogP contribution in [0.4, 0.5) is 0 Å². The van der Waals surface area contributed by atoms with Gasteiger partial charge in [-0.05, 0) is 18.2 Å². The van der Waals surface area contributed by atoms with E-state index in [1.54, 1.807) is 0 Å². The molecule has 3 aromatic heterocycles. The van der Waals surface area contributed by atoms with E-state index in [-0.39, 0.29) is 0 Å². The van der Waals surface area contributed by atoms with E-state index in [0.717, 1.165) is 28.3 Å². The van der Waals surface area contributed by atoms with E-state index in [4.69, 9.17) is 9.98 Å². The number of benzene rings is 6. The molecule has 0 amide bonds. The molecule has 0 bridgehead atoms. The second-order valence-electron chi connectivity index (χ2n) is 11.4. The molecule has 45 heavy (non-hydrogen) atoms. The quantitative estimate of drug-likeness (QED) is 0.212. The van der Waals surface area contributed by atoms with Crippen LogP contribution in [0.1, 0.15) is 17.4 Å². The molecule has 4 nitrogen and oxygen atoms in total. The first kappa shape index (κ1) is 25.1. The summed E-state index contributed by atoms with van der Waals surface area (Å²) < 4.78 is 7.63. The highest BCUT2D eigenvalue weighted by Gasteiger charge is 2.28. The molecule has 212 valence electrons. The van der Waals surface area contributed by atoms with Gasteiger partial charge in [0.25, 0.3) is 0 Å². The van der Waals surface area contributed by atoms with Gasteiger partial charge in [0.05, 0.1) is 15.7 Å². The monoisotopic (exact) mass is 612 g/mol. The van der Waals surface area contributed by atoms with Crippen LogP contribution in [0, 0.1) is 0 Å². The smallest absolute Gasteiger partial charge is 0.225 e. The number of aliphatic imine (C=N–C) groups is 2. The lowest BCUT2D eigenvalue weighted by atomic mass is 10.0. The van der Waals surface area contributed by atoms with Gasteiger partial charge in [-0.3, -0.25) is 4.57 Å². The maximum absolute atomic E-state index is 5.35. The van der Waals surface area contributed by atoms with Crippen molar-refractivity contribution in [3.8, 4) is 0 Å². The van der Waals surface area contributed by atoms with E-state index < -0.39 is 6.29 Å². The molecule has 0 aliphatic carbocycles. The first-order chi connectivity index (χ1) is 22.3.